The molecule has 0 saturated heterocycles. The van der Waals surface area contributed by atoms with Crippen LogP contribution in [0.3, 0.4) is 0 Å². The lowest BCUT2D eigenvalue weighted by Crippen LogP contribution is -2.33. The fourth-order valence-electron chi connectivity index (χ4n) is 3.44. The van der Waals surface area contributed by atoms with Gasteiger partial charge in [-0.05, 0) is 30.7 Å². The number of thiophene rings is 1. The van der Waals surface area contributed by atoms with Gasteiger partial charge in [0.2, 0.25) is 0 Å². The van der Waals surface area contributed by atoms with Crippen molar-refractivity contribution in [2.24, 2.45) is 0 Å². The van der Waals surface area contributed by atoms with Crippen molar-refractivity contribution >= 4 is 27.5 Å². The zero-order valence-electron chi connectivity index (χ0n) is 16.5. The van der Waals surface area contributed by atoms with E-state index in [1.54, 1.807) is 29.2 Å². The molecule has 154 valence electrons. The Morgan fingerprint density at radius 3 is 2.77 bits per heavy atom. The van der Waals surface area contributed by atoms with Gasteiger partial charge in [0.25, 0.3) is 5.56 Å². The molecule has 0 fully saturated rings. The SMILES string of the molecule is Cc1sc2ncn(NC(=O)c3ccc(Cn4cccn4)o3)c(=O)c2c1-c1ccccc1. The van der Waals surface area contributed by atoms with Crippen LogP contribution in [0.15, 0.2) is 76.5 Å². The van der Waals surface area contributed by atoms with Crippen LogP contribution >= 0.6 is 11.3 Å². The third kappa shape index (κ3) is 3.55. The van der Waals surface area contributed by atoms with Gasteiger partial charge < -0.3 is 4.42 Å². The Morgan fingerprint density at radius 2 is 2.00 bits per heavy atom. The predicted molar refractivity (Wildman–Crippen MR) is 118 cm³/mol. The largest absolute Gasteiger partial charge is 0.454 e. The van der Waals surface area contributed by atoms with E-state index >= 15 is 0 Å². The maximum Gasteiger partial charge on any atom is 0.305 e. The minimum absolute atomic E-state index is 0.0962. The summed E-state index contributed by atoms with van der Waals surface area (Å²) >= 11 is 1.45. The minimum atomic E-state index is -0.539. The van der Waals surface area contributed by atoms with Crippen molar-refractivity contribution < 1.29 is 9.21 Å². The first-order chi connectivity index (χ1) is 15.1. The summed E-state index contributed by atoms with van der Waals surface area (Å²) < 4.78 is 8.39. The van der Waals surface area contributed by atoms with E-state index in [4.69, 9.17) is 4.42 Å². The van der Waals surface area contributed by atoms with E-state index in [0.717, 1.165) is 20.7 Å². The molecule has 0 spiro atoms. The summed E-state index contributed by atoms with van der Waals surface area (Å²) in [5.41, 5.74) is 4.00. The van der Waals surface area contributed by atoms with Gasteiger partial charge >= 0.3 is 5.91 Å². The van der Waals surface area contributed by atoms with Crippen LogP contribution in [0.5, 0.6) is 0 Å². The lowest BCUT2D eigenvalue weighted by Gasteiger charge is -2.07. The van der Waals surface area contributed by atoms with E-state index in [1.807, 2.05) is 43.3 Å². The Morgan fingerprint density at radius 1 is 1.16 bits per heavy atom. The molecular weight excluding hydrogens is 414 g/mol. The van der Waals surface area contributed by atoms with E-state index in [9.17, 15) is 9.59 Å². The third-order valence-electron chi connectivity index (χ3n) is 4.84. The zero-order chi connectivity index (χ0) is 21.4. The summed E-state index contributed by atoms with van der Waals surface area (Å²) in [5.74, 6) is 0.136. The molecule has 0 bridgehead atoms. The molecule has 0 atom stereocenters. The molecular formula is C22H17N5O3S. The van der Waals surface area contributed by atoms with Crippen molar-refractivity contribution in [2.75, 3.05) is 5.43 Å². The highest BCUT2D eigenvalue weighted by Gasteiger charge is 2.19. The number of fused-ring (bicyclic) bond motifs is 1. The number of benzene rings is 1. The number of aryl methyl sites for hydroxylation is 1. The average molecular weight is 431 g/mol. The molecule has 5 aromatic rings. The molecule has 8 nitrogen and oxygen atoms in total. The highest BCUT2D eigenvalue weighted by atomic mass is 32.1. The van der Waals surface area contributed by atoms with E-state index in [0.29, 0.717) is 22.5 Å². The molecule has 0 aliphatic carbocycles. The lowest BCUT2D eigenvalue weighted by atomic mass is 10.0. The fourth-order valence-corrected chi connectivity index (χ4v) is 4.44. The van der Waals surface area contributed by atoms with Crippen molar-refractivity contribution in [1.82, 2.24) is 19.4 Å². The van der Waals surface area contributed by atoms with Crippen molar-refractivity contribution in [3.05, 3.63) is 94.0 Å². The van der Waals surface area contributed by atoms with Gasteiger partial charge in [-0.1, -0.05) is 30.3 Å². The van der Waals surface area contributed by atoms with Crippen molar-refractivity contribution in [3.63, 3.8) is 0 Å². The second kappa shape index (κ2) is 7.69. The molecule has 1 amide bonds. The quantitative estimate of drug-likeness (QED) is 0.458. The number of hydrogen-bond donors (Lipinski definition) is 1. The molecule has 1 N–H and O–H groups in total. The number of rotatable bonds is 5. The standard InChI is InChI=1S/C22H17N5O3S/c1-14-18(15-6-3-2-4-7-15)19-21(31-14)23-13-27(22(19)29)25-20(28)17-9-8-16(30-17)12-26-11-5-10-24-26/h2-11,13H,12H2,1H3,(H,25,28). The van der Waals surface area contributed by atoms with E-state index in [2.05, 4.69) is 15.5 Å². The maximum atomic E-state index is 13.2. The van der Waals surface area contributed by atoms with Crippen LogP contribution in [0, 0.1) is 6.92 Å². The molecule has 0 aliphatic heterocycles. The summed E-state index contributed by atoms with van der Waals surface area (Å²) in [5, 5.41) is 4.59. The molecule has 5 rings (SSSR count). The van der Waals surface area contributed by atoms with E-state index in [1.165, 1.54) is 17.7 Å². The number of nitrogens with one attached hydrogen (secondary N) is 1. The van der Waals surface area contributed by atoms with Crippen LogP contribution in [0.1, 0.15) is 21.2 Å². The van der Waals surface area contributed by atoms with Gasteiger partial charge in [0.05, 0.1) is 11.9 Å². The molecule has 0 unspecified atom stereocenters. The first-order valence-electron chi connectivity index (χ1n) is 9.54. The summed E-state index contributed by atoms with van der Waals surface area (Å²) in [7, 11) is 0. The second-order valence-electron chi connectivity index (χ2n) is 6.91. The Balaban J connectivity index is 1.46. The molecule has 1 aromatic carbocycles. The number of nitrogens with zero attached hydrogens (tertiary/aromatic N) is 4. The molecule has 0 radical (unpaired) electrons. The van der Waals surface area contributed by atoms with Crippen LogP contribution in [0.4, 0.5) is 0 Å². The highest BCUT2D eigenvalue weighted by molar-refractivity contribution is 7.19. The summed E-state index contributed by atoms with van der Waals surface area (Å²) in [6, 6.07) is 14.8. The van der Waals surface area contributed by atoms with Gasteiger partial charge in [-0.2, -0.15) is 5.10 Å². The Kier molecular flexibility index (Phi) is 4.72. The highest BCUT2D eigenvalue weighted by Crippen LogP contribution is 2.35. The molecule has 0 saturated carbocycles. The first kappa shape index (κ1) is 19.0. The van der Waals surface area contributed by atoms with E-state index in [-0.39, 0.29) is 11.3 Å². The van der Waals surface area contributed by atoms with E-state index < -0.39 is 5.91 Å². The number of aromatic nitrogens is 4. The van der Waals surface area contributed by atoms with Crippen LogP contribution in [-0.2, 0) is 6.54 Å². The van der Waals surface area contributed by atoms with Crippen molar-refractivity contribution in [3.8, 4) is 11.1 Å². The smallest absolute Gasteiger partial charge is 0.305 e. The van der Waals surface area contributed by atoms with Gasteiger partial charge in [-0.3, -0.25) is 19.7 Å². The Hall–Kier alpha value is -3.98. The fraction of sp³-hybridized carbons (Fsp3) is 0.0909. The van der Waals surface area contributed by atoms with Crippen LogP contribution in [0.25, 0.3) is 21.3 Å². The van der Waals surface area contributed by atoms with Gasteiger partial charge in [-0.25, -0.2) is 9.66 Å². The number of furan rings is 1. The number of carbonyl (C=O) groups is 1. The second-order valence-corrected chi connectivity index (χ2v) is 8.11. The minimum Gasteiger partial charge on any atom is -0.454 e. The number of carbonyl (C=O) groups excluding carboxylic acids is 1. The first-order valence-corrected chi connectivity index (χ1v) is 10.4. The topological polar surface area (TPSA) is 95.0 Å². The predicted octanol–water partition coefficient (Wildman–Crippen LogP) is 3.66. The summed E-state index contributed by atoms with van der Waals surface area (Å²) in [6.07, 6.45) is 4.79. The molecule has 4 aromatic heterocycles. The Labute approximate surface area is 180 Å². The molecule has 9 heteroatoms. The zero-order valence-corrected chi connectivity index (χ0v) is 17.3. The van der Waals surface area contributed by atoms with Gasteiger partial charge in [0, 0.05) is 22.8 Å². The van der Waals surface area contributed by atoms with Gasteiger partial charge in [-0.15, -0.1) is 11.3 Å². The lowest BCUT2D eigenvalue weighted by molar-refractivity contribution is 0.0978. The normalized spacial score (nSPS) is 11.1. The molecule has 0 aliphatic rings. The van der Waals surface area contributed by atoms with Crippen molar-refractivity contribution in [2.45, 2.75) is 13.5 Å². The summed E-state index contributed by atoms with van der Waals surface area (Å²) in [6.45, 7) is 2.36. The monoisotopic (exact) mass is 431 g/mol. The summed E-state index contributed by atoms with van der Waals surface area (Å²) in [4.78, 5) is 31.9. The van der Waals surface area contributed by atoms with Crippen molar-refractivity contribution in [1.29, 1.82) is 0 Å². The van der Waals surface area contributed by atoms with Gasteiger partial charge in [0.1, 0.15) is 16.9 Å². The third-order valence-corrected chi connectivity index (χ3v) is 5.85. The average Bonchev–Trinajstić information content (AvgIpc) is 3.51. The molecule has 31 heavy (non-hydrogen) atoms. The van der Waals surface area contributed by atoms with Crippen LogP contribution in [0.2, 0.25) is 0 Å². The maximum absolute atomic E-state index is 13.2. The van der Waals surface area contributed by atoms with Crippen LogP contribution in [-0.4, -0.2) is 25.3 Å². The number of amides is 1. The Bertz CT molecular complexity index is 1430. The molecule has 4 heterocycles. The van der Waals surface area contributed by atoms with Crippen LogP contribution < -0.4 is 11.0 Å². The number of hydrogen-bond acceptors (Lipinski definition) is 6. The van der Waals surface area contributed by atoms with Gasteiger partial charge in [0.15, 0.2) is 5.76 Å².